The number of hydrogen-bond acceptors (Lipinski definition) is 2. The van der Waals surface area contributed by atoms with Crippen molar-refractivity contribution in [3.63, 3.8) is 0 Å². The molecule has 0 radical (unpaired) electrons. The molecule has 0 aromatic heterocycles. The van der Waals surface area contributed by atoms with Gasteiger partial charge in [-0.05, 0) is 55.9 Å². The van der Waals surface area contributed by atoms with E-state index in [9.17, 15) is 0 Å². The van der Waals surface area contributed by atoms with Crippen LogP contribution in [0.3, 0.4) is 0 Å². The molecule has 4 heteroatoms. The predicted molar refractivity (Wildman–Crippen MR) is 116 cm³/mol. The van der Waals surface area contributed by atoms with Gasteiger partial charge in [0.05, 0.1) is 6.04 Å². The molecule has 1 aliphatic heterocycles. The Hall–Kier alpha value is -1.13. The molecular weight excluding hydrogens is 338 g/mol. The van der Waals surface area contributed by atoms with E-state index in [1.807, 2.05) is 0 Å². The van der Waals surface area contributed by atoms with Crippen molar-refractivity contribution in [1.82, 2.24) is 9.80 Å². The zero-order valence-electron chi connectivity index (χ0n) is 16.9. The van der Waals surface area contributed by atoms with Crippen molar-refractivity contribution in [3.05, 3.63) is 35.9 Å². The molecule has 1 aromatic rings. The molecule has 26 heavy (non-hydrogen) atoms. The van der Waals surface area contributed by atoms with Gasteiger partial charge in [0.15, 0.2) is 5.11 Å². The molecule has 146 valence electrons. The maximum absolute atomic E-state index is 5.90. The largest absolute Gasteiger partial charge is 0.347 e. The fraction of sp³-hybridized carbons (Fsp3) is 0.682. The molecule has 0 bridgehead atoms. The summed E-state index contributed by atoms with van der Waals surface area (Å²) in [6, 6.07) is 11.4. The number of benzene rings is 1. The molecule has 1 saturated carbocycles. The van der Waals surface area contributed by atoms with Gasteiger partial charge in [-0.1, -0.05) is 63.4 Å². The van der Waals surface area contributed by atoms with Crippen molar-refractivity contribution in [2.45, 2.75) is 58.4 Å². The van der Waals surface area contributed by atoms with E-state index < -0.39 is 0 Å². The first-order chi connectivity index (χ1) is 12.7. The van der Waals surface area contributed by atoms with Gasteiger partial charge in [-0.25, -0.2) is 0 Å². The van der Waals surface area contributed by atoms with E-state index in [1.54, 1.807) is 0 Å². The second-order valence-electron chi connectivity index (χ2n) is 7.79. The number of thiocarbonyl (C=S) groups is 1. The number of unbranched alkanes of at least 4 members (excludes halogenated alkanes) is 1. The quantitative estimate of drug-likeness (QED) is 0.722. The van der Waals surface area contributed by atoms with Crippen LogP contribution in [-0.4, -0.2) is 41.6 Å². The van der Waals surface area contributed by atoms with E-state index >= 15 is 0 Å². The maximum atomic E-state index is 5.90. The lowest BCUT2D eigenvalue weighted by Gasteiger charge is -2.33. The van der Waals surface area contributed by atoms with E-state index in [0.29, 0.717) is 6.04 Å². The van der Waals surface area contributed by atoms with Crippen molar-refractivity contribution < 1.29 is 0 Å². The highest BCUT2D eigenvalue weighted by Gasteiger charge is 2.36. The Bertz CT molecular complexity index is 525. The van der Waals surface area contributed by atoms with Gasteiger partial charge in [0.1, 0.15) is 0 Å². The molecule has 0 spiro atoms. The van der Waals surface area contributed by atoms with Gasteiger partial charge >= 0.3 is 0 Å². The van der Waals surface area contributed by atoms with Crippen molar-refractivity contribution in [3.8, 4) is 0 Å². The first kappa shape index (κ1) is 21.2. The molecule has 1 saturated heterocycles. The second-order valence-corrected chi connectivity index (χ2v) is 8.15. The van der Waals surface area contributed by atoms with Gasteiger partial charge in [-0.15, -0.1) is 0 Å². The molecule has 3 rings (SSSR count). The van der Waals surface area contributed by atoms with E-state index in [2.05, 4.69) is 59.7 Å². The fourth-order valence-corrected chi connectivity index (χ4v) is 4.56. The zero-order valence-corrected chi connectivity index (χ0v) is 17.7. The van der Waals surface area contributed by atoms with Gasteiger partial charge in [-0.2, -0.15) is 0 Å². The smallest absolute Gasteiger partial charge is 0.172 e. The summed E-state index contributed by atoms with van der Waals surface area (Å²) in [4.78, 5) is 4.99. The Kier molecular flexibility index (Phi) is 8.86. The Morgan fingerprint density at radius 3 is 2.35 bits per heavy atom. The van der Waals surface area contributed by atoms with Gasteiger partial charge in [0.25, 0.3) is 0 Å². The molecule has 1 atom stereocenters. The van der Waals surface area contributed by atoms with Crippen LogP contribution in [0.2, 0.25) is 0 Å². The molecule has 2 fully saturated rings. The molecule has 3 nitrogen and oxygen atoms in total. The van der Waals surface area contributed by atoms with Crippen molar-refractivity contribution in [2.24, 2.45) is 17.6 Å². The van der Waals surface area contributed by atoms with Gasteiger partial charge in [0, 0.05) is 19.6 Å². The topological polar surface area (TPSA) is 32.5 Å². The molecule has 2 aliphatic rings. The Balaban J connectivity index is 0.00000117. The highest BCUT2D eigenvalue weighted by Crippen LogP contribution is 2.35. The molecule has 1 aliphatic carbocycles. The summed E-state index contributed by atoms with van der Waals surface area (Å²) in [7, 11) is 1.50. The summed E-state index contributed by atoms with van der Waals surface area (Å²) in [5.41, 5.74) is 5.92. The summed E-state index contributed by atoms with van der Waals surface area (Å²) >= 11 is 5.90. The van der Waals surface area contributed by atoms with Crippen LogP contribution in [0.5, 0.6) is 0 Å². The first-order valence-electron chi connectivity index (χ1n) is 10.4. The standard InChI is InChI=1S/C21H32N2S.CH5N/c1-3-4-14-22-16-20(19-8-6-5-7-9-19)23(21(22)24)15-18-12-10-17(2)11-13-18;1-2/h5-9,17-18,20H,3-4,10-16H2,1-2H3;2H2,1H3. The minimum Gasteiger partial charge on any atom is -0.347 e. The van der Waals surface area contributed by atoms with E-state index in [4.69, 9.17) is 12.2 Å². The zero-order chi connectivity index (χ0) is 18.9. The fourth-order valence-electron chi connectivity index (χ4n) is 4.19. The minimum absolute atomic E-state index is 0.440. The number of hydrogen-bond donors (Lipinski definition) is 1. The van der Waals surface area contributed by atoms with Crippen LogP contribution in [0.1, 0.15) is 64.0 Å². The number of nitrogens with two attached hydrogens (primary N) is 1. The number of nitrogens with zero attached hydrogens (tertiary/aromatic N) is 2. The summed E-state index contributed by atoms with van der Waals surface area (Å²) in [6.07, 6.45) is 7.99. The van der Waals surface area contributed by atoms with Gasteiger partial charge in [-0.3, -0.25) is 0 Å². The first-order valence-corrected chi connectivity index (χ1v) is 10.8. The molecule has 1 aromatic carbocycles. The SMILES string of the molecule is CCCCN1CC(c2ccccc2)N(CC2CCC(C)CC2)C1=S.CN. The lowest BCUT2D eigenvalue weighted by atomic mass is 9.82. The van der Waals surface area contributed by atoms with Crippen LogP contribution in [0, 0.1) is 11.8 Å². The Labute approximate surface area is 165 Å². The van der Waals surface area contributed by atoms with Crippen molar-refractivity contribution in [1.29, 1.82) is 0 Å². The Morgan fingerprint density at radius 1 is 1.08 bits per heavy atom. The summed E-state index contributed by atoms with van der Waals surface area (Å²) in [5, 5.41) is 1.09. The molecule has 1 unspecified atom stereocenters. The van der Waals surface area contributed by atoms with Crippen LogP contribution in [0.25, 0.3) is 0 Å². The van der Waals surface area contributed by atoms with E-state index in [-0.39, 0.29) is 0 Å². The highest BCUT2D eigenvalue weighted by molar-refractivity contribution is 7.80. The third-order valence-corrected chi connectivity index (χ3v) is 6.33. The second kappa shape index (κ2) is 10.9. The van der Waals surface area contributed by atoms with Crippen molar-refractivity contribution >= 4 is 17.3 Å². The van der Waals surface area contributed by atoms with Crippen LogP contribution in [-0.2, 0) is 0 Å². The Morgan fingerprint density at radius 2 is 1.73 bits per heavy atom. The molecular formula is C22H37N3S. The normalized spacial score (nSPS) is 25.8. The molecule has 0 amide bonds. The van der Waals surface area contributed by atoms with E-state index in [0.717, 1.165) is 36.6 Å². The molecule has 1 heterocycles. The average Bonchev–Trinajstić information content (AvgIpc) is 3.00. The average molecular weight is 376 g/mol. The lowest BCUT2D eigenvalue weighted by Crippen LogP contribution is -2.37. The van der Waals surface area contributed by atoms with Crippen LogP contribution >= 0.6 is 12.2 Å². The van der Waals surface area contributed by atoms with Gasteiger partial charge in [0.2, 0.25) is 0 Å². The molecule has 2 N–H and O–H groups in total. The summed E-state index contributed by atoms with van der Waals surface area (Å²) in [6.45, 7) is 7.97. The third kappa shape index (κ3) is 5.43. The van der Waals surface area contributed by atoms with Crippen LogP contribution in [0.4, 0.5) is 0 Å². The third-order valence-electron chi connectivity index (χ3n) is 5.84. The summed E-state index contributed by atoms with van der Waals surface area (Å²) in [5.74, 6) is 1.73. The predicted octanol–water partition coefficient (Wildman–Crippen LogP) is 4.83. The summed E-state index contributed by atoms with van der Waals surface area (Å²) < 4.78 is 0. The van der Waals surface area contributed by atoms with Gasteiger partial charge < -0.3 is 15.5 Å². The lowest BCUT2D eigenvalue weighted by molar-refractivity contribution is 0.223. The highest BCUT2D eigenvalue weighted by atomic mass is 32.1. The van der Waals surface area contributed by atoms with Crippen LogP contribution < -0.4 is 5.73 Å². The maximum Gasteiger partial charge on any atom is 0.172 e. The van der Waals surface area contributed by atoms with Crippen molar-refractivity contribution in [2.75, 3.05) is 26.7 Å². The minimum atomic E-state index is 0.440. The van der Waals surface area contributed by atoms with E-state index in [1.165, 1.54) is 51.1 Å². The number of rotatable bonds is 6. The monoisotopic (exact) mass is 375 g/mol. The van der Waals surface area contributed by atoms with Crippen LogP contribution in [0.15, 0.2) is 30.3 Å².